The van der Waals surface area contributed by atoms with Gasteiger partial charge in [-0.2, -0.15) is 0 Å². The van der Waals surface area contributed by atoms with Gasteiger partial charge in [0.05, 0.1) is 18.7 Å². The number of nitrogens with zero attached hydrogens (tertiary/aromatic N) is 2. The Bertz CT molecular complexity index is 919. The smallest absolute Gasteiger partial charge is 0.311 e. The molecule has 152 valence electrons. The monoisotopic (exact) mass is 416 g/mol. The Morgan fingerprint density at radius 3 is 2.62 bits per heavy atom. The lowest BCUT2D eigenvalue weighted by Crippen LogP contribution is -2.33. The number of halogens is 1. The van der Waals surface area contributed by atoms with Crippen molar-refractivity contribution in [2.45, 2.75) is 6.42 Å². The molecule has 2 aromatic carbocycles. The lowest BCUT2D eigenvalue weighted by molar-refractivity contribution is -0.151. The Morgan fingerprint density at radius 2 is 1.93 bits per heavy atom. The molecule has 0 bridgehead atoms. The van der Waals surface area contributed by atoms with Crippen LogP contribution in [-0.2, 0) is 19.1 Å². The zero-order valence-electron chi connectivity index (χ0n) is 16.1. The largest absolute Gasteiger partial charge is 0.495 e. The molecule has 0 spiro atoms. The molecule has 3 rings (SSSR count). The number of ether oxygens (including phenoxy) is 2. The summed E-state index contributed by atoms with van der Waals surface area (Å²) < 4.78 is 10.5. The fraction of sp³-hybridized carbons (Fsp3) is 0.286. The van der Waals surface area contributed by atoms with Gasteiger partial charge in [-0.1, -0.05) is 29.8 Å². The van der Waals surface area contributed by atoms with Crippen LogP contribution in [0.25, 0.3) is 0 Å². The predicted molar refractivity (Wildman–Crippen MR) is 109 cm³/mol. The van der Waals surface area contributed by atoms with Crippen LogP contribution in [-0.4, -0.2) is 45.1 Å². The molecule has 29 heavy (non-hydrogen) atoms. The van der Waals surface area contributed by atoms with Crippen molar-refractivity contribution < 1.29 is 23.9 Å². The van der Waals surface area contributed by atoms with Gasteiger partial charge in [0.2, 0.25) is 5.91 Å². The number of rotatable bonds is 6. The summed E-state index contributed by atoms with van der Waals surface area (Å²) in [7, 11) is 3.10. The second-order valence-electron chi connectivity index (χ2n) is 6.62. The van der Waals surface area contributed by atoms with E-state index in [9.17, 15) is 14.4 Å². The van der Waals surface area contributed by atoms with Crippen molar-refractivity contribution in [1.29, 1.82) is 0 Å². The predicted octanol–water partition coefficient (Wildman–Crippen LogP) is 2.91. The van der Waals surface area contributed by atoms with E-state index < -0.39 is 18.5 Å². The molecule has 0 saturated carbocycles. The minimum Gasteiger partial charge on any atom is -0.495 e. The number of carbonyl (C=O) groups excluding carboxylic acids is 3. The third-order valence-corrected chi connectivity index (χ3v) is 4.98. The van der Waals surface area contributed by atoms with Crippen LogP contribution in [0.15, 0.2) is 48.5 Å². The van der Waals surface area contributed by atoms with Gasteiger partial charge in [0.25, 0.3) is 5.91 Å². The fourth-order valence-electron chi connectivity index (χ4n) is 3.12. The second-order valence-corrected chi connectivity index (χ2v) is 7.05. The number of para-hydroxylation sites is 1. The van der Waals surface area contributed by atoms with E-state index in [2.05, 4.69) is 0 Å². The van der Waals surface area contributed by atoms with E-state index in [0.717, 1.165) is 0 Å². The highest BCUT2D eigenvalue weighted by Crippen LogP contribution is 2.35. The number of anilines is 2. The molecule has 1 aliphatic heterocycles. The molecule has 2 amide bonds. The van der Waals surface area contributed by atoms with E-state index >= 15 is 0 Å². The van der Waals surface area contributed by atoms with E-state index in [1.54, 1.807) is 37.4 Å². The van der Waals surface area contributed by atoms with Crippen molar-refractivity contribution in [3.8, 4) is 5.75 Å². The number of benzene rings is 2. The summed E-state index contributed by atoms with van der Waals surface area (Å²) in [5.74, 6) is -1.36. The molecule has 1 aliphatic rings. The first kappa shape index (κ1) is 20.7. The van der Waals surface area contributed by atoms with Crippen LogP contribution < -0.4 is 14.5 Å². The number of carbonyl (C=O) groups is 3. The Labute approximate surface area is 173 Å². The molecule has 7 nitrogen and oxygen atoms in total. The fourth-order valence-corrected chi connectivity index (χ4v) is 3.28. The highest BCUT2D eigenvalue weighted by Gasteiger charge is 2.37. The van der Waals surface area contributed by atoms with Crippen LogP contribution in [0, 0.1) is 5.92 Å². The van der Waals surface area contributed by atoms with E-state index in [1.165, 1.54) is 16.9 Å². The Morgan fingerprint density at radius 1 is 1.21 bits per heavy atom. The molecule has 1 saturated heterocycles. The van der Waals surface area contributed by atoms with Gasteiger partial charge in [-0.3, -0.25) is 14.4 Å². The Balaban J connectivity index is 1.61. The van der Waals surface area contributed by atoms with Gasteiger partial charge in [-0.15, -0.1) is 0 Å². The SMILES string of the molecule is COc1ccc(Cl)cc1N1C[C@H](C(=O)OCC(=O)N(C)c2ccccc2)CC1=O. The normalized spacial score (nSPS) is 15.9. The molecule has 1 fully saturated rings. The van der Waals surface area contributed by atoms with Crippen molar-refractivity contribution >= 4 is 40.8 Å². The summed E-state index contributed by atoms with van der Waals surface area (Å²) >= 11 is 6.04. The zero-order valence-corrected chi connectivity index (χ0v) is 16.9. The Kier molecular flexibility index (Phi) is 6.39. The van der Waals surface area contributed by atoms with Gasteiger partial charge in [0.1, 0.15) is 5.75 Å². The molecule has 2 aromatic rings. The van der Waals surface area contributed by atoms with Gasteiger partial charge in [-0.05, 0) is 30.3 Å². The van der Waals surface area contributed by atoms with Crippen LogP contribution in [0.1, 0.15) is 6.42 Å². The lowest BCUT2D eigenvalue weighted by atomic mass is 10.1. The first-order valence-corrected chi connectivity index (χ1v) is 9.40. The van der Waals surface area contributed by atoms with Crippen LogP contribution in [0.3, 0.4) is 0 Å². The number of esters is 1. The molecule has 0 N–H and O–H groups in total. The van der Waals surface area contributed by atoms with Gasteiger partial charge >= 0.3 is 5.97 Å². The van der Waals surface area contributed by atoms with Crippen molar-refractivity contribution in [1.82, 2.24) is 0 Å². The molecule has 8 heteroatoms. The average Bonchev–Trinajstić information content (AvgIpc) is 3.13. The van der Waals surface area contributed by atoms with Crippen molar-refractivity contribution in [2.24, 2.45) is 5.92 Å². The molecule has 0 radical (unpaired) electrons. The summed E-state index contributed by atoms with van der Waals surface area (Å²) in [6.45, 7) is -0.257. The quantitative estimate of drug-likeness (QED) is 0.677. The number of hydrogen-bond acceptors (Lipinski definition) is 5. The maximum Gasteiger partial charge on any atom is 0.311 e. The molecule has 0 aliphatic carbocycles. The molecular formula is C21H21ClN2O5. The topological polar surface area (TPSA) is 76.2 Å². The van der Waals surface area contributed by atoms with E-state index in [-0.39, 0.29) is 24.8 Å². The van der Waals surface area contributed by atoms with Gasteiger partial charge < -0.3 is 19.3 Å². The summed E-state index contributed by atoms with van der Waals surface area (Å²) in [6.07, 6.45) is -0.00276. The maximum absolute atomic E-state index is 12.4. The number of likely N-dealkylation sites (N-methyl/N-ethyl adjacent to an activating group) is 1. The first-order valence-electron chi connectivity index (χ1n) is 9.03. The lowest BCUT2D eigenvalue weighted by Gasteiger charge is -2.20. The summed E-state index contributed by atoms with van der Waals surface area (Å²) in [4.78, 5) is 40.0. The zero-order chi connectivity index (χ0) is 21.0. The minimum absolute atomic E-state index is 0.00276. The average molecular weight is 417 g/mol. The highest BCUT2D eigenvalue weighted by molar-refractivity contribution is 6.31. The minimum atomic E-state index is -0.666. The molecule has 0 aromatic heterocycles. The summed E-state index contributed by atoms with van der Waals surface area (Å²) in [5.41, 5.74) is 1.20. The van der Waals surface area contributed by atoms with Crippen molar-refractivity contribution in [3.05, 3.63) is 53.6 Å². The van der Waals surface area contributed by atoms with Gasteiger partial charge in [-0.25, -0.2) is 0 Å². The molecule has 1 atom stereocenters. The summed E-state index contributed by atoms with van der Waals surface area (Å²) in [5, 5.41) is 0.453. The van der Waals surface area contributed by atoms with Gasteiger partial charge in [0, 0.05) is 30.7 Å². The van der Waals surface area contributed by atoms with Crippen LogP contribution in [0.5, 0.6) is 5.75 Å². The molecular weight excluding hydrogens is 396 g/mol. The first-order chi connectivity index (χ1) is 13.9. The molecule has 1 heterocycles. The molecule has 0 unspecified atom stereocenters. The van der Waals surface area contributed by atoms with E-state index in [0.29, 0.717) is 22.1 Å². The van der Waals surface area contributed by atoms with E-state index in [1.807, 2.05) is 18.2 Å². The van der Waals surface area contributed by atoms with Crippen LogP contribution in [0.4, 0.5) is 11.4 Å². The van der Waals surface area contributed by atoms with Crippen LogP contribution in [0.2, 0.25) is 5.02 Å². The highest BCUT2D eigenvalue weighted by atomic mass is 35.5. The number of amides is 2. The number of methoxy groups -OCH3 is 1. The summed E-state index contributed by atoms with van der Waals surface area (Å²) in [6, 6.07) is 14.0. The maximum atomic E-state index is 12.4. The van der Waals surface area contributed by atoms with Crippen molar-refractivity contribution in [3.63, 3.8) is 0 Å². The third kappa shape index (κ3) is 4.68. The number of hydrogen-bond donors (Lipinski definition) is 0. The standard InChI is InChI=1S/C21H21ClN2O5/c1-23(16-6-4-3-5-7-16)20(26)13-29-21(27)14-10-19(25)24(12-14)17-11-15(22)8-9-18(17)28-2/h3-9,11,14H,10,12-13H2,1-2H3/t14-/m1/s1. The Hall–Kier alpha value is -3.06. The second kappa shape index (κ2) is 8.96. The third-order valence-electron chi connectivity index (χ3n) is 4.75. The van der Waals surface area contributed by atoms with E-state index in [4.69, 9.17) is 21.1 Å². The van der Waals surface area contributed by atoms with Crippen molar-refractivity contribution in [2.75, 3.05) is 37.1 Å². The van der Waals surface area contributed by atoms with Gasteiger partial charge in [0.15, 0.2) is 6.61 Å². The van der Waals surface area contributed by atoms with Crippen LogP contribution >= 0.6 is 11.6 Å².